The Kier molecular flexibility index (Phi) is 42.5. The first kappa shape index (κ1) is 78.0. The van der Waals surface area contributed by atoms with Gasteiger partial charge >= 0.3 is 59.1 Å². The predicted molar refractivity (Wildman–Crippen MR) is 258 cm³/mol. The standard InChI is InChI=1S/C17H27O8S.C15H26O10S.C12H20O10S.2Na/c1-7-23-12(8-19-2)9-24-17-16(22-5)15(21-4)14(20-3)13(25-17)10-26(6)11-18;1-6-23-10(7-19-2)8-24-15-14(22-5)13(21-4)12(20-3)11(25-15)9-26(16,17)18;1-3-20-7(4-19-2)5-21-12-11(15)10(14)9(13)8(22-12)6-23(16,17)18;;/h1,12-17H,6,8-10H2,2-5H3;1,10-15H,7-9H2,2-5H3,(H,16,17,18);1,7-15H,4-6H2,2H3,(H,16,17,18);;/q-1;;;2*+1/p-2/t12?,13?,14-,15?,16?,17?;10?,11?,12-,13?,14?,15?;7?,8?,9-,10?,11?,12?;;/m111../s1. The molecule has 3 fully saturated rings. The van der Waals surface area contributed by atoms with Gasteiger partial charge in [0.05, 0.1) is 77.5 Å². The van der Waals surface area contributed by atoms with Crippen LogP contribution in [0.3, 0.4) is 0 Å². The normalized spacial score (nSPS) is 30.2. The number of aliphatic hydroxyl groups is 3. The number of rotatable bonds is 30. The molecule has 3 N–H and O–H groups in total. The van der Waals surface area contributed by atoms with E-state index < -0.39 is 152 Å². The average molecular weight is 1190 g/mol. The number of methoxy groups -OCH3 is 9. The van der Waals surface area contributed by atoms with Gasteiger partial charge in [-0.3, -0.25) is 4.79 Å². The van der Waals surface area contributed by atoms with Gasteiger partial charge in [0.2, 0.25) is 0 Å². The first-order valence-corrected chi connectivity index (χ1v) is 26.9. The molecular formula is C44H71Na2O28S3-. The number of hydrogen-bond acceptors (Lipinski definition) is 29. The summed E-state index contributed by atoms with van der Waals surface area (Å²) in [4.78, 5) is 10.9. The van der Waals surface area contributed by atoms with Crippen LogP contribution in [0.5, 0.6) is 0 Å². The van der Waals surface area contributed by atoms with E-state index in [2.05, 4.69) is 12.0 Å². The van der Waals surface area contributed by atoms with Gasteiger partial charge in [0, 0.05) is 64.0 Å². The van der Waals surface area contributed by atoms with Gasteiger partial charge in [-0.25, -0.2) is 22.7 Å². The van der Waals surface area contributed by atoms with E-state index in [1.165, 1.54) is 49.8 Å². The second kappa shape index (κ2) is 41.9. The number of hydrogen-bond donors (Lipinski definition) is 3. The zero-order valence-electron chi connectivity index (χ0n) is 45.0. The van der Waals surface area contributed by atoms with Gasteiger partial charge in [0.25, 0.3) is 0 Å². The molecule has 0 spiro atoms. The van der Waals surface area contributed by atoms with Gasteiger partial charge in [-0.1, -0.05) is 25.0 Å². The van der Waals surface area contributed by atoms with Crippen LogP contribution in [-0.4, -0.2) is 284 Å². The summed E-state index contributed by atoms with van der Waals surface area (Å²) in [6.45, 7) is 0.388. The molecule has 33 heteroatoms. The van der Waals surface area contributed by atoms with Crippen LogP contribution in [-0.2, 0) is 120 Å². The molecule has 0 radical (unpaired) electrons. The Morgan fingerprint density at radius 2 is 0.831 bits per heavy atom. The average Bonchev–Trinajstić information content (AvgIpc) is 3.36. The van der Waals surface area contributed by atoms with Crippen LogP contribution in [0.4, 0.5) is 0 Å². The van der Waals surface area contributed by atoms with E-state index in [-0.39, 0.29) is 98.8 Å². The summed E-state index contributed by atoms with van der Waals surface area (Å²) in [5.41, 5.74) is 0. The zero-order valence-corrected chi connectivity index (χ0v) is 51.4. The Balaban J connectivity index is 0. The topological polar surface area (TPSA) is 358 Å². The number of carbonyl (C=O) groups excluding carboxylic acids is 1. The molecule has 0 aliphatic carbocycles. The Labute approximate surface area is 497 Å². The second-order valence-corrected chi connectivity index (χ2v) is 20.3. The van der Waals surface area contributed by atoms with Crippen molar-refractivity contribution < 1.29 is 190 Å². The van der Waals surface area contributed by atoms with E-state index in [0.717, 1.165) is 0 Å². The van der Waals surface area contributed by atoms with E-state index in [1.807, 2.05) is 17.4 Å². The summed E-state index contributed by atoms with van der Waals surface area (Å²) in [5.74, 6) is 2.20. The fraction of sp³-hybridized carbons (Fsp3) is 0.818. The molecule has 3 rings (SSSR count). The minimum Gasteiger partial charge on any atom is -0.748 e. The van der Waals surface area contributed by atoms with Crippen LogP contribution in [0.2, 0.25) is 0 Å². The van der Waals surface area contributed by atoms with Crippen molar-refractivity contribution in [3.05, 3.63) is 0 Å². The Hall–Kier alpha value is -1.02. The summed E-state index contributed by atoms with van der Waals surface area (Å²) in [7, 11) is 3.06. The molecule has 0 aromatic carbocycles. The van der Waals surface area contributed by atoms with Crippen molar-refractivity contribution in [1.82, 2.24) is 0 Å². The van der Waals surface area contributed by atoms with Gasteiger partial charge in [-0.05, 0) is 5.23 Å². The van der Waals surface area contributed by atoms with Crippen LogP contribution in [0.25, 0.3) is 0 Å². The molecule has 0 aromatic heterocycles. The third-order valence-corrected chi connectivity index (χ3v) is 13.2. The van der Waals surface area contributed by atoms with Gasteiger partial charge in [0.15, 0.2) is 37.2 Å². The first-order chi connectivity index (χ1) is 35.5. The Morgan fingerprint density at radius 1 is 0.506 bits per heavy atom. The third kappa shape index (κ3) is 27.7. The number of terminal acetylenes is 3. The van der Waals surface area contributed by atoms with Gasteiger partial charge < -0.3 is 120 Å². The summed E-state index contributed by atoms with van der Waals surface area (Å²) in [5, 5.41) is 31.1. The molecular weight excluding hydrogens is 1120 g/mol. The minimum atomic E-state index is -4.72. The smallest absolute Gasteiger partial charge is 0.748 e. The molecule has 15 unspecified atom stereocenters. The molecule has 18 atom stereocenters. The number of aliphatic hydroxyl groups excluding tert-OH is 3. The molecule has 0 saturated carbocycles. The van der Waals surface area contributed by atoms with E-state index in [1.54, 1.807) is 14.2 Å². The van der Waals surface area contributed by atoms with Crippen LogP contribution in [0, 0.1) is 37.6 Å². The minimum absolute atomic E-state index is 0. The summed E-state index contributed by atoms with van der Waals surface area (Å²) in [6, 6.07) is 0. The molecule has 436 valence electrons. The van der Waals surface area contributed by atoms with Crippen LogP contribution in [0.1, 0.15) is 0 Å². The third-order valence-electron chi connectivity index (χ3n) is 10.8. The van der Waals surface area contributed by atoms with Crippen molar-refractivity contribution in [3.63, 3.8) is 0 Å². The summed E-state index contributed by atoms with van der Waals surface area (Å²) < 4.78 is 162. The van der Waals surface area contributed by atoms with Gasteiger partial charge in [-0.15, -0.1) is 0 Å². The summed E-state index contributed by atoms with van der Waals surface area (Å²) in [6.07, 6.45) is 4.25. The molecule has 3 aliphatic heterocycles. The fourth-order valence-electron chi connectivity index (χ4n) is 7.52. The molecule has 77 heavy (non-hydrogen) atoms. The SMILES string of the molecule is C#COC(COC)COC1OC(CS(=O)(=O)[O-])[C@@H](O)C(O)C1O.C#COC(COC)COC1OC(CS(=O)(=O)[O-])[C@@H](OC)C(OC)C1OC.C#COC(COC)COC1OC(C[S-](=C)=C=O)[C@@H](OC)C(OC)C1OC.[Na+].[Na+]. The van der Waals surface area contributed by atoms with Crippen LogP contribution < -0.4 is 59.1 Å². The van der Waals surface area contributed by atoms with Gasteiger partial charge in [0.1, 0.15) is 85.5 Å². The largest absolute Gasteiger partial charge is 1.00 e. The molecule has 0 bridgehead atoms. The maximum atomic E-state index is 11.2. The molecule has 3 heterocycles. The van der Waals surface area contributed by atoms with Crippen molar-refractivity contribution in [2.24, 2.45) is 0 Å². The van der Waals surface area contributed by atoms with Crippen molar-refractivity contribution >= 4 is 41.4 Å². The van der Waals surface area contributed by atoms with Crippen LogP contribution >= 0.6 is 0 Å². The van der Waals surface area contributed by atoms with Crippen molar-refractivity contribution in [2.45, 2.75) is 110 Å². The predicted octanol–water partition coefficient (Wildman–Crippen LogP) is -10.6. The monoisotopic (exact) mass is 1190 g/mol. The summed E-state index contributed by atoms with van der Waals surface area (Å²) >= 11 is 0. The fourth-order valence-corrected chi connectivity index (χ4v) is 9.61. The Bertz CT molecular complexity index is 1990. The molecule has 3 aliphatic rings. The Morgan fingerprint density at radius 3 is 1.16 bits per heavy atom. The molecule has 28 nitrogen and oxygen atoms in total. The number of ether oxygens (including phenoxy) is 18. The van der Waals surface area contributed by atoms with Crippen molar-refractivity contribution in [2.75, 3.05) is 121 Å². The second-order valence-electron chi connectivity index (χ2n) is 15.9. The maximum absolute atomic E-state index is 11.2. The van der Waals surface area contributed by atoms with E-state index in [4.69, 9.17) is 105 Å². The molecule has 3 saturated heterocycles. The maximum Gasteiger partial charge on any atom is 1.00 e. The van der Waals surface area contributed by atoms with Crippen molar-refractivity contribution in [3.8, 4) is 37.6 Å². The van der Waals surface area contributed by atoms with E-state index in [0.29, 0.717) is 5.75 Å². The van der Waals surface area contributed by atoms with E-state index >= 15 is 0 Å². The van der Waals surface area contributed by atoms with Crippen LogP contribution in [0.15, 0.2) is 0 Å². The first-order valence-electron chi connectivity index (χ1n) is 22.1. The zero-order chi connectivity index (χ0) is 56.9. The quantitative estimate of drug-likeness (QED) is 0.0198. The van der Waals surface area contributed by atoms with Gasteiger partial charge in [-0.2, -0.15) is 0 Å². The molecule has 0 aromatic rings. The van der Waals surface area contributed by atoms with Crippen molar-refractivity contribution in [1.29, 1.82) is 0 Å². The molecule has 0 amide bonds. The van der Waals surface area contributed by atoms with E-state index in [9.17, 15) is 46.1 Å².